The topological polar surface area (TPSA) is 119 Å². The van der Waals surface area contributed by atoms with Gasteiger partial charge in [0.1, 0.15) is 0 Å². The van der Waals surface area contributed by atoms with Crippen LogP contribution in [0.1, 0.15) is 157 Å². The summed E-state index contributed by atoms with van der Waals surface area (Å²) in [6.45, 7) is 12.9. The van der Waals surface area contributed by atoms with Crippen LogP contribution >= 0.6 is 8.53 Å². The molecule has 2 N–H and O–H groups in total. The maximum Gasteiger partial charge on any atom is 0.302 e. The Morgan fingerprint density at radius 1 is 0.651 bits per heavy atom. The molecule has 0 saturated heterocycles. The van der Waals surface area contributed by atoms with Crippen LogP contribution in [0.15, 0.2) is 0 Å². The third-order valence-corrected chi connectivity index (χ3v) is 8.92. The summed E-state index contributed by atoms with van der Waals surface area (Å²) in [4.78, 5) is 10.6. The van der Waals surface area contributed by atoms with Crippen molar-refractivity contribution < 1.29 is 51.3 Å². The van der Waals surface area contributed by atoms with E-state index in [0.29, 0.717) is 51.4 Å². The Balaban J connectivity index is -0.000000727. The van der Waals surface area contributed by atoms with Gasteiger partial charge in [-0.3, -0.25) is 4.79 Å². The standard InChI is InChI=1S/C18H36NO2.C15H31N3O2P.Y/c1-18(20)21-17-15-13-11-9-7-5-3-2-4-6-8-10-12-14-16-19;1-14(2)18(15(3)4)21(20-13-9-11-17)19-12-8-6-5-7-10-16;/h19H,2-17H2,1H3;14-16H,5-10,12-13H2,1-4H3;/q2*-1;. The van der Waals surface area contributed by atoms with Crippen LogP contribution in [0, 0.1) is 11.3 Å². The van der Waals surface area contributed by atoms with Gasteiger partial charge in [0.2, 0.25) is 0 Å². The average molecular weight is 704 g/mol. The first-order chi connectivity index (χ1) is 20.3. The molecule has 0 rings (SSSR count). The van der Waals surface area contributed by atoms with Gasteiger partial charge in [0.05, 0.1) is 32.3 Å². The molecule has 0 aliphatic carbocycles. The SMILES string of the molecule is CC(=O)OCCCCCCCCCCCCCCCC[NH-].CC(C)N(C(C)C)P(OCCC#N)OCCCCCC[NH-].[Y]. The van der Waals surface area contributed by atoms with Crippen molar-refractivity contribution in [1.82, 2.24) is 4.67 Å². The Labute approximate surface area is 293 Å². The molecule has 1 unspecified atom stereocenters. The fourth-order valence-corrected chi connectivity index (χ4v) is 6.23. The quantitative estimate of drug-likeness (QED) is 0.0434. The fraction of sp³-hybridized carbons (Fsp3) is 0.939. The second kappa shape index (κ2) is 38.5. The van der Waals surface area contributed by atoms with Gasteiger partial charge in [-0.25, -0.2) is 4.67 Å². The van der Waals surface area contributed by atoms with Crippen molar-refractivity contribution >= 4 is 14.5 Å². The summed E-state index contributed by atoms with van der Waals surface area (Å²) in [5.74, 6) is -0.161. The molecule has 10 heteroatoms. The maximum atomic E-state index is 10.6. The van der Waals surface area contributed by atoms with E-state index in [1.54, 1.807) is 0 Å². The van der Waals surface area contributed by atoms with Gasteiger partial charge in [0.25, 0.3) is 8.53 Å². The van der Waals surface area contributed by atoms with Gasteiger partial charge < -0.3 is 25.3 Å². The van der Waals surface area contributed by atoms with Crippen molar-refractivity contribution in [3.05, 3.63) is 11.5 Å². The van der Waals surface area contributed by atoms with Crippen LogP contribution in [0.4, 0.5) is 0 Å². The second-order valence-electron chi connectivity index (χ2n) is 11.6. The smallest absolute Gasteiger partial charge is 0.302 e. The van der Waals surface area contributed by atoms with E-state index in [1.807, 2.05) is 0 Å². The Morgan fingerprint density at radius 2 is 1.00 bits per heavy atom. The normalized spacial score (nSPS) is 11.7. The van der Waals surface area contributed by atoms with Crippen molar-refractivity contribution in [2.75, 3.05) is 32.9 Å². The molecule has 0 aromatic heterocycles. The number of esters is 1. The first-order valence-corrected chi connectivity index (χ1v) is 18.1. The molecule has 1 radical (unpaired) electrons. The summed E-state index contributed by atoms with van der Waals surface area (Å²) < 4.78 is 18.9. The molecule has 0 spiro atoms. The van der Waals surface area contributed by atoms with Crippen molar-refractivity contribution in [3.8, 4) is 6.07 Å². The summed E-state index contributed by atoms with van der Waals surface area (Å²) >= 11 is 0. The number of rotatable bonds is 29. The van der Waals surface area contributed by atoms with Gasteiger partial charge in [-0.1, -0.05) is 103 Å². The van der Waals surface area contributed by atoms with Crippen LogP contribution in [-0.2, 0) is 51.3 Å². The number of nitrogens with zero attached hydrogens (tertiary/aromatic N) is 2. The molecule has 0 saturated carbocycles. The Morgan fingerprint density at radius 3 is 1.35 bits per heavy atom. The molecule has 253 valence electrons. The van der Waals surface area contributed by atoms with Crippen LogP contribution in [0.5, 0.6) is 0 Å². The molecule has 43 heavy (non-hydrogen) atoms. The third kappa shape index (κ3) is 36.6. The number of ether oxygens (including phenoxy) is 1. The predicted octanol–water partition coefficient (Wildman–Crippen LogP) is 11.0. The first kappa shape index (κ1) is 47.7. The van der Waals surface area contributed by atoms with Gasteiger partial charge in [-0.2, -0.15) is 18.4 Å². The second-order valence-corrected chi connectivity index (χ2v) is 13.0. The third-order valence-electron chi connectivity index (χ3n) is 6.81. The van der Waals surface area contributed by atoms with E-state index in [9.17, 15) is 4.79 Å². The molecule has 8 nitrogen and oxygen atoms in total. The number of carbonyl (C=O) groups is 1. The van der Waals surface area contributed by atoms with Crippen molar-refractivity contribution in [2.24, 2.45) is 0 Å². The molecule has 0 aromatic rings. The minimum Gasteiger partial charge on any atom is -0.677 e. The summed E-state index contributed by atoms with van der Waals surface area (Å²) in [5, 5.41) is 8.64. The molecule has 0 amide bonds. The van der Waals surface area contributed by atoms with Gasteiger partial charge in [0.15, 0.2) is 0 Å². The molecule has 1 atom stereocenters. The van der Waals surface area contributed by atoms with Gasteiger partial charge >= 0.3 is 5.97 Å². The molecular formula is C33H67N4O4PY-2. The van der Waals surface area contributed by atoms with E-state index < -0.39 is 8.53 Å². The van der Waals surface area contributed by atoms with E-state index in [0.717, 1.165) is 38.5 Å². The number of carbonyl (C=O) groups excluding carboxylic acids is 1. The zero-order chi connectivity index (χ0) is 31.7. The van der Waals surface area contributed by atoms with E-state index in [4.69, 9.17) is 30.5 Å². The Kier molecular flexibility index (Phi) is 42.7. The molecule has 0 heterocycles. The van der Waals surface area contributed by atoms with Crippen LogP contribution in [0.2, 0.25) is 0 Å². The summed E-state index contributed by atoms with van der Waals surface area (Å²) in [6.07, 6.45) is 22.7. The molecule has 0 aliphatic heterocycles. The molecule has 0 aromatic carbocycles. The number of hydrogen-bond acceptors (Lipinski definition) is 6. The number of nitriles is 1. The minimum atomic E-state index is -1.09. The molecule has 0 aliphatic rings. The van der Waals surface area contributed by atoms with Crippen molar-refractivity contribution in [1.29, 1.82) is 5.26 Å². The molecule has 0 bridgehead atoms. The number of hydrogen-bond donors (Lipinski definition) is 0. The summed E-state index contributed by atoms with van der Waals surface area (Å²) in [7, 11) is -1.09. The number of unbranched alkanes of at least 4 members (excludes halogenated alkanes) is 16. The van der Waals surface area contributed by atoms with Crippen LogP contribution in [0.3, 0.4) is 0 Å². The number of nitrogens with one attached hydrogen (secondary N) is 2. The zero-order valence-electron chi connectivity index (χ0n) is 28.7. The van der Waals surface area contributed by atoms with Gasteiger partial charge in [-0.15, -0.1) is 0 Å². The van der Waals surface area contributed by atoms with E-state index in [-0.39, 0.29) is 38.7 Å². The molecular weight excluding hydrogens is 636 g/mol. The van der Waals surface area contributed by atoms with E-state index in [1.165, 1.54) is 84.0 Å². The van der Waals surface area contributed by atoms with Crippen molar-refractivity contribution in [2.45, 2.75) is 169 Å². The Bertz CT molecular complexity index is 604. The monoisotopic (exact) mass is 703 g/mol. The van der Waals surface area contributed by atoms with Crippen LogP contribution in [-0.4, -0.2) is 55.6 Å². The minimum absolute atomic E-state index is 0. The van der Waals surface area contributed by atoms with Crippen molar-refractivity contribution in [3.63, 3.8) is 0 Å². The maximum absolute atomic E-state index is 10.6. The summed E-state index contributed by atoms with van der Waals surface area (Å²) in [6, 6.07) is 2.80. The van der Waals surface area contributed by atoms with Crippen LogP contribution in [0.25, 0.3) is 11.5 Å². The zero-order valence-corrected chi connectivity index (χ0v) is 32.4. The van der Waals surface area contributed by atoms with E-state index in [2.05, 4.69) is 38.4 Å². The largest absolute Gasteiger partial charge is 0.677 e. The van der Waals surface area contributed by atoms with Crippen LogP contribution < -0.4 is 0 Å². The molecule has 0 fully saturated rings. The van der Waals surface area contributed by atoms with Gasteiger partial charge in [0, 0.05) is 51.7 Å². The Hall–Kier alpha value is 0.294. The predicted molar refractivity (Wildman–Crippen MR) is 179 cm³/mol. The van der Waals surface area contributed by atoms with Gasteiger partial charge in [-0.05, 0) is 40.5 Å². The summed E-state index contributed by atoms with van der Waals surface area (Å²) in [5.41, 5.74) is 14.2. The first-order valence-electron chi connectivity index (χ1n) is 16.9. The van der Waals surface area contributed by atoms with E-state index >= 15 is 0 Å². The average Bonchev–Trinajstić information content (AvgIpc) is 2.94. The fourth-order valence-electron chi connectivity index (χ4n) is 4.60.